The molecule has 0 amide bonds. The fraction of sp³-hybridized carbons (Fsp3) is 0.286. The van der Waals surface area contributed by atoms with Crippen molar-refractivity contribution in [2.24, 2.45) is 4.99 Å². The molecule has 0 saturated carbocycles. The van der Waals surface area contributed by atoms with E-state index in [9.17, 15) is 9.50 Å². The molecule has 0 radical (unpaired) electrons. The van der Waals surface area contributed by atoms with Gasteiger partial charge in [0.25, 0.3) is 0 Å². The molecule has 0 aromatic heterocycles. The van der Waals surface area contributed by atoms with Crippen molar-refractivity contribution in [3.8, 4) is 0 Å². The predicted octanol–water partition coefficient (Wildman–Crippen LogP) is 1.55. The summed E-state index contributed by atoms with van der Waals surface area (Å²) < 4.78 is 15.7. The number of cyclic esters (lactones) is 1. The maximum atomic E-state index is 11.4. The van der Waals surface area contributed by atoms with Crippen molar-refractivity contribution >= 4 is 19.2 Å². The van der Waals surface area contributed by atoms with Gasteiger partial charge in [0.15, 0.2) is 0 Å². The molecule has 1 aromatic carbocycles. The summed E-state index contributed by atoms with van der Waals surface area (Å²) in [5, 5.41) is 0. The van der Waals surface area contributed by atoms with E-state index in [0.29, 0.717) is 25.6 Å². The van der Waals surface area contributed by atoms with Gasteiger partial charge in [0, 0.05) is 0 Å². The van der Waals surface area contributed by atoms with Crippen molar-refractivity contribution in [3.63, 3.8) is 0 Å². The molecule has 1 saturated heterocycles. The standard InChI is InChI=1S/C14H14BNO3/c1-10-7-13(19-14(10)17)12(16-9-15-18)8-11-5-3-2-4-6-11/h2-6,9,12-13H,1,7-8H2/b16-9-. The monoisotopic (exact) mass is 255 g/mol. The van der Waals surface area contributed by atoms with Crippen LogP contribution in [0.2, 0.25) is 0 Å². The average molecular weight is 255 g/mol. The van der Waals surface area contributed by atoms with Gasteiger partial charge in [-0.15, -0.1) is 0 Å². The van der Waals surface area contributed by atoms with Gasteiger partial charge in [-0.1, -0.05) is 0 Å². The Morgan fingerprint density at radius 3 is 2.79 bits per heavy atom. The molecule has 19 heavy (non-hydrogen) atoms. The van der Waals surface area contributed by atoms with Gasteiger partial charge >= 0.3 is 111 Å². The van der Waals surface area contributed by atoms with Crippen LogP contribution < -0.4 is 0 Å². The molecule has 1 fully saturated rings. The van der Waals surface area contributed by atoms with E-state index in [0.717, 1.165) is 5.56 Å². The molecule has 1 aromatic rings. The van der Waals surface area contributed by atoms with Crippen LogP contribution in [0.15, 0.2) is 47.5 Å². The summed E-state index contributed by atoms with van der Waals surface area (Å²) in [5.41, 5.74) is 1.55. The van der Waals surface area contributed by atoms with E-state index in [1.54, 1.807) is 0 Å². The molecular weight excluding hydrogens is 241 g/mol. The normalized spacial score (nSPS) is 20.3. The van der Waals surface area contributed by atoms with E-state index >= 15 is 0 Å². The third kappa shape index (κ3) is 3.47. The van der Waals surface area contributed by atoms with Crippen LogP contribution in [0, 0.1) is 0 Å². The molecule has 2 atom stereocenters. The van der Waals surface area contributed by atoms with Crippen LogP contribution in [-0.4, -0.2) is 31.4 Å². The van der Waals surface area contributed by atoms with Crippen molar-refractivity contribution in [1.82, 2.24) is 0 Å². The first-order chi connectivity index (χ1) is 9.20. The van der Waals surface area contributed by atoms with Crippen LogP contribution in [-0.2, 0) is 20.7 Å². The number of rotatable bonds is 5. The molecule has 0 N–H and O–H groups in total. The fourth-order valence-electron chi connectivity index (χ4n) is 2.08. The van der Waals surface area contributed by atoms with Crippen molar-refractivity contribution in [1.29, 1.82) is 0 Å². The summed E-state index contributed by atoms with van der Waals surface area (Å²) in [6.45, 7) is 3.66. The van der Waals surface area contributed by atoms with Crippen LogP contribution in [0.3, 0.4) is 0 Å². The molecular formula is C14H14BNO3. The van der Waals surface area contributed by atoms with Crippen LogP contribution in [0.5, 0.6) is 0 Å². The summed E-state index contributed by atoms with van der Waals surface area (Å²) in [5.74, 6) is -0.371. The number of carbonyl (C=O) groups is 1. The van der Waals surface area contributed by atoms with E-state index in [1.165, 1.54) is 6.11 Å². The summed E-state index contributed by atoms with van der Waals surface area (Å²) in [6.07, 6.45) is 1.96. The average Bonchev–Trinajstić information content (AvgIpc) is 2.76. The van der Waals surface area contributed by atoms with Gasteiger partial charge in [-0.25, -0.2) is 0 Å². The number of nitrogens with zero attached hydrogens (tertiary/aromatic N) is 1. The summed E-state index contributed by atoms with van der Waals surface area (Å²) >= 11 is 0. The first-order valence-electron chi connectivity index (χ1n) is 6.10. The van der Waals surface area contributed by atoms with Gasteiger partial charge in [0.1, 0.15) is 0 Å². The quantitative estimate of drug-likeness (QED) is 0.347. The minimum absolute atomic E-state index is 0.254. The molecule has 1 aliphatic rings. The number of aliphatic imine (C=N–C) groups is 1. The zero-order chi connectivity index (χ0) is 13.7. The molecule has 5 heteroatoms. The second kappa shape index (κ2) is 6.23. The Morgan fingerprint density at radius 2 is 2.21 bits per heavy atom. The zero-order valence-electron chi connectivity index (χ0n) is 10.5. The van der Waals surface area contributed by atoms with Gasteiger partial charge in [0.05, 0.1) is 0 Å². The first-order valence-corrected chi connectivity index (χ1v) is 6.10. The summed E-state index contributed by atoms with van der Waals surface area (Å²) in [7, 11) is 0.629. The Labute approximate surface area is 112 Å². The SMILES string of the molecule is C=C1CC(C(Cc2ccccc2)/N=C\B=O)OC1=O. The Kier molecular flexibility index (Phi) is 4.39. The zero-order valence-corrected chi connectivity index (χ0v) is 10.5. The molecule has 2 unspecified atom stereocenters. The van der Waals surface area contributed by atoms with Crippen molar-refractivity contribution in [2.75, 3.05) is 0 Å². The number of hydrogen-bond donors (Lipinski definition) is 0. The predicted molar refractivity (Wildman–Crippen MR) is 72.5 cm³/mol. The van der Waals surface area contributed by atoms with Crippen molar-refractivity contribution < 1.29 is 14.2 Å². The molecule has 4 nitrogen and oxygen atoms in total. The van der Waals surface area contributed by atoms with Gasteiger partial charge in [-0.2, -0.15) is 0 Å². The minimum atomic E-state index is -0.371. The Hall–Kier alpha value is -2.04. The maximum absolute atomic E-state index is 11.4. The number of ether oxygens (including phenoxy) is 1. The van der Waals surface area contributed by atoms with Gasteiger partial charge in [-0.3, -0.25) is 0 Å². The molecule has 1 aliphatic heterocycles. The van der Waals surface area contributed by atoms with E-state index in [2.05, 4.69) is 11.6 Å². The third-order valence-electron chi connectivity index (χ3n) is 3.05. The van der Waals surface area contributed by atoms with Crippen LogP contribution in [0.1, 0.15) is 12.0 Å². The van der Waals surface area contributed by atoms with Crippen LogP contribution in [0.4, 0.5) is 0 Å². The number of hydrogen-bond acceptors (Lipinski definition) is 4. The third-order valence-corrected chi connectivity index (χ3v) is 3.05. The topological polar surface area (TPSA) is 55.7 Å². The molecule has 2 rings (SSSR count). The number of benzene rings is 1. The molecule has 0 spiro atoms. The molecule has 0 aliphatic carbocycles. The Bertz CT molecular complexity index is 497. The van der Waals surface area contributed by atoms with E-state index < -0.39 is 0 Å². The summed E-state index contributed by atoms with van der Waals surface area (Å²) in [4.78, 5) is 15.5. The van der Waals surface area contributed by atoms with Crippen LogP contribution >= 0.6 is 0 Å². The number of carbonyl (C=O) groups excluding carboxylic acids is 1. The second-order valence-corrected chi connectivity index (χ2v) is 4.44. The second-order valence-electron chi connectivity index (χ2n) is 4.44. The summed E-state index contributed by atoms with van der Waals surface area (Å²) in [6, 6.07) is 9.52. The first kappa shape index (κ1) is 13.4. The van der Waals surface area contributed by atoms with Crippen LogP contribution in [0.25, 0.3) is 0 Å². The van der Waals surface area contributed by atoms with E-state index in [1.807, 2.05) is 30.3 Å². The van der Waals surface area contributed by atoms with E-state index in [4.69, 9.17) is 4.74 Å². The Morgan fingerprint density at radius 1 is 1.47 bits per heavy atom. The van der Waals surface area contributed by atoms with Crippen molar-refractivity contribution in [3.05, 3.63) is 48.0 Å². The Balaban J connectivity index is 2.12. The van der Waals surface area contributed by atoms with Gasteiger partial charge < -0.3 is 0 Å². The van der Waals surface area contributed by atoms with Gasteiger partial charge in [0.2, 0.25) is 0 Å². The van der Waals surface area contributed by atoms with Gasteiger partial charge in [-0.05, 0) is 0 Å². The number of esters is 1. The molecule has 0 bridgehead atoms. The fourth-order valence-corrected chi connectivity index (χ4v) is 2.08. The molecule has 1 heterocycles. The van der Waals surface area contributed by atoms with Crippen molar-refractivity contribution in [2.45, 2.75) is 25.0 Å². The molecule has 96 valence electrons. The van der Waals surface area contributed by atoms with E-state index in [-0.39, 0.29) is 18.1 Å².